The van der Waals surface area contributed by atoms with E-state index >= 15 is 0 Å². The Kier molecular flexibility index (Phi) is 4.18. The highest BCUT2D eigenvalue weighted by molar-refractivity contribution is 7.88. The maximum absolute atomic E-state index is 12.4. The largest absolute Gasteiger partial charge is 0.459 e. The molecule has 124 valence electrons. The summed E-state index contributed by atoms with van der Waals surface area (Å²) in [6, 6.07) is 2.45. The molecule has 9 nitrogen and oxygen atoms in total. The van der Waals surface area contributed by atoms with Crippen LogP contribution in [0.15, 0.2) is 27.2 Å². The number of piperidine rings is 1. The van der Waals surface area contributed by atoms with Crippen molar-refractivity contribution in [3.8, 4) is 11.7 Å². The second-order valence-electron chi connectivity index (χ2n) is 5.26. The van der Waals surface area contributed by atoms with Gasteiger partial charge in [-0.3, -0.25) is 10.1 Å². The van der Waals surface area contributed by atoms with Gasteiger partial charge in [-0.2, -0.15) is 4.31 Å². The van der Waals surface area contributed by atoms with Crippen molar-refractivity contribution < 1.29 is 22.0 Å². The maximum atomic E-state index is 12.4. The van der Waals surface area contributed by atoms with Gasteiger partial charge in [0.25, 0.3) is 5.89 Å². The molecule has 0 aromatic carbocycles. The van der Waals surface area contributed by atoms with Crippen LogP contribution < -0.4 is 5.32 Å². The average molecular weight is 340 g/mol. The minimum absolute atomic E-state index is 0.0968. The third-order valence-corrected chi connectivity index (χ3v) is 4.86. The van der Waals surface area contributed by atoms with Gasteiger partial charge in [-0.15, -0.1) is 5.10 Å². The van der Waals surface area contributed by atoms with Crippen molar-refractivity contribution in [1.82, 2.24) is 14.5 Å². The molecule has 1 aliphatic rings. The minimum atomic E-state index is -3.45. The number of aromatic nitrogens is 2. The molecule has 1 fully saturated rings. The highest BCUT2D eigenvalue weighted by atomic mass is 32.2. The molecule has 0 radical (unpaired) electrons. The van der Waals surface area contributed by atoms with E-state index in [1.54, 1.807) is 12.1 Å². The zero-order chi connectivity index (χ0) is 16.4. The van der Waals surface area contributed by atoms with E-state index in [1.165, 1.54) is 10.6 Å². The van der Waals surface area contributed by atoms with Gasteiger partial charge < -0.3 is 8.83 Å². The number of anilines is 1. The number of carbonyl (C=O) groups is 1. The smallest absolute Gasteiger partial charge is 0.322 e. The summed E-state index contributed by atoms with van der Waals surface area (Å²) in [5.74, 6) is 0.0344. The third kappa shape index (κ3) is 3.42. The molecule has 0 bridgehead atoms. The molecule has 1 unspecified atom stereocenters. The average Bonchev–Trinajstić information content (AvgIpc) is 3.17. The van der Waals surface area contributed by atoms with Gasteiger partial charge in [0.05, 0.1) is 12.5 Å². The molecule has 2 aromatic rings. The van der Waals surface area contributed by atoms with Crippen LogP contribution in [0.2, 0.25) is 0 Å². The fourth-order valence-electron chi connectivity index (χ4n) is 2.53. The van der Waals surface area contributed by atoms with Crippen LogP contribution >= 0.6 is 0 Å². The van der Waals surface area contributed by atoms with E-state index in [-0.39, 0.29) is 11.9 Å². The fourth-order valence-corrected chi connectivity index (χ4v) is 3.65. The van der Waals surface area contributed by atoms with Gasteiger partial charge in [0.2, 0.25) is 15.9 Å². The van der Waals surface area contributed by atoms with Crippen molar-refractivity contribution >= 4 is 21.9 Å². The molecule has 1 aliphatic heterocycles. The summed E-state index contributed by atoms with van der Waals surface area (Å²) in [6.07, 6.45) is 4.54. The molecule has 1 atom stereocenters. The zero-order valence-corrected chi connectivity index (χ0v) is 13.2. The van der Waals surface area contributed by atoms with Crippen molar-refractivity contribution in [1.29, 1.82) is 0 Å². The van der Waals surface area contributed by atoms with Crippen molar-refractivity contribution in [3.05, 3.63) is 18.4 Å². The van der Waals surface area contributed by atoms with Crippen molar-refractivity contribution in [3.63, 3.8) is 0 Å². The quantitative estimate of drug-likeness (QED) is 0.884. The number of nitrogens with one attached hydrogen (secondary N) is 1. The number of sulfonamides is 1. The van der Waals surface area contributed by atoms with E-state index in [1.807, 2.05) is 0 Å². The molecule has 0 aliphatic carbocycles. The van der Waals surface area contributed by atoms with Crippen molar-refractivity contribution in [2.75, 3.05) is 18.1 Å². The van der Waals surface area contributed by atoms with Crippen LogP contribution in [0.5, 0.6) is 0 Å². The summed E-state index contributed by atoms with van der Waals surface area (Å²) in [5.41, 5.74) is 0. The van der Waals surface area contributed by atoms with Crippen LogP contribution in [0.1, 0.15) is 19.3 Å². The molecule has 3 rings (SSSR count). The Balaban J connectivity index is 1.73. The van der Waals surface area contributed by atoms with Crippen molar-refractivity contribution in [2.45, 2.75) is 25.3 Å². The number of furan rings is 1. The summed E-state index contributed by atoms with van der Waals surface area (Å²) in [5, 5.41) is 9.95. The molecule has 1 saturated heterocycles. The second-order valence-corrected chi connectivity index (χ2v) is 7.20. The lowest BCUT2D eigenvalue weighted by Crippen LogP contribution is -2.49. The molecule has 3 heterocycles. The Morgan fingerprint density at radius 1 is 1.39 bits per heavy atom. The number of rotatable bonds is 4. The molecule has 0 spiro atoms. The summed E-state index contributed by atoms with van der Waals surface area (Å²) >= 11 is 0. The van der Waals surface area contributed by atoms with E-state index in [9.17, 15) is 13.2 Å². The predicted molar refractivity (Wildman–Crippen MR) is 79.8 cm³/mol. The van der Waals surface area contributed by atoms with Gasteiger partial charge in [0.1, 0.15) is 6.04 Å². The van der Waals surface area contributed by atoms with E-state index in [4.69, 9.17) is 8.83 Å². The molecule has 1 N–H and O–H groups in total. The number of nitrogens with zero attached hydrogens (tertiary/aromatic N) is 3. The summed E-state index contributed by atoms with van der Waals surface area (Å²) in [7, 11) is -3.45. The highest BCUT2D eigenvalue weighted by Gasteiger charge is 2.35. The fraction of sp³-hybridized carbons (Fsp3) is 0.462. The van der Waals surface area contributed by atoms with Crippen LogP contribution in [-0.4, -0.2) is 47.7 Å². The molecule has 0 saturated carbocycles. The lowest BCUT2D eigenvalue weighted by Gasteiger charge is -2.32. The normalized spacial score (nSPS) is 19.6. The Morgan fingerprint density at radius 3 is 2.91 bits per heavy atom. The van der Waals surface area contributed by atoms with E-state index in [0.717, 1.165) is 19.1 Å². The molecule has 23 heavy (non-hydrogen) atoms. The number of carbonyl (C=O) groups excluding carboxylic acids is 1. The zero-order valence-electron chi connectivity index (χ0n) is 12.4. The maximum Gasteiger partial charge on any atom is 0.322 e. The summed E-state index contributed by atoms with van der Waals surface area (Å²) < 4.78 is 35.2. The van der Waals surface area contributed by atoms with Crippen molar-refractivity contribution in [2.24, 2.45) is 0 Å². The van der Waals surface area contributed by atoms with Gasteiger partial charge in [-0.25, -0.2) is 8.42 Å². The number of hydrogen-bond acceptors (Lipinski definition) is 7. The molecular weight excluding hydrogens is 324 g/mol. The summed E-state index contributed by atoms with van der Waals surface area (Å²) in [4.78, 5) is 12.4. The van der Waals surface area contributed by atoms with Crippen LogP contribution in [0.25, 0.3) is 11.7 Å². The van der Waals surface area contributed by atoms with Crippen LogP contribution in [-0.2, 0) is 14.8 Å². The van der Waals surface area contributed by atoms with Gasteiger partial charge in [-0.1, -0.05) is 11.5 Å². The Bertz CT molecular complexity index is 783. The topological polar surface area (TPSA) is 119 Å². The second kappa shape index (κ2) is 6.13. The molecule has 1 amide bonds. The van der Waals surface area contributed by atoms with Crippen LogP contribution in [0.3, 0.4) is 0 Å². The first-order valence-electron chi connectivity index (χ1n) is 7.10. The standard InChI is InChI=1S/C13H16N4O5S/c1-23(19,20)17-7-3-2-5-9(17)11(18)14-13-16-15-12(22-13)10-6-4-8-21-10/h4,6,8-9H,2-3,5,7H2,1H3,(H,14,16,18). The lowest BCUT2D eigenvalue weighted by atomic mass is 10.0. The first-order chi connectivity index (χ1) is 10.9. The number of hydrogen-bond donors (Lipinski definition) is 1. The highest BCUT2D eigenvalue weighted by Crippen LogP contribution is 2.23. The molecule has 10 heteroatoms. The summed E-state index contributed by atoms with van der Waals surface area (Å²) in [6.45, 7) is 0.332. The first kappa shape index (κ1) is 15.7. The van der Waals surface area contributed by atoms with E-state index < -0.39 is 22.0 Å². The van der Waals surface area contributed by atoms with E-state index in [2.05, 4.69) is 15.5 Å². The monoisotopic (exact) mass is 340 g/mol. The Labute approximate surface area is 132 Å². The van der Waals surface area contributed by atoms with Gasteiger partial charge in [0, 0.05) is 6.54 Å². The first-order valence-corrected chi connectivity index (χ1v) is 8.95. The Hall–Kier alpha value is -2.20. The lowest BCUT2D eigenvalue weighted by molar-refractivity contribution is -0.120. The third-order valence-electron chi connectivity index (χ3n) is 3.57. The number of amides is 1. The van der Waals surface area contributed by atoms with Crippen LogP contribution in [0.4, 0.5) is 6.01 Å². The molecule has 2 aromatic heterocycles. The van der Waals surface area contributed by atoms with E-state index in [0.29, 0.717) is 18.7 Å². The Morgan fingerprint density at radius 2 is 2.22 bits per heavy atom. The molecular formula is C13H16N4O5S. The van der Waals surface area contributed by atoms with Gasteiger partial charge >= 0.3 is 6.01 Å². The van der Waals surface area contributed by atoms with Crippen LogP contribution in [0, 0.1) is 0 Å². The van der Waals surface area contributed by atoms with Gasteiger partial charge in [-0.05, 0) is 25.0 Å². The predicted octanol–water partition coefficient (Wildman–Crippen LogP) is 1.08. The SMILES string of the molecule is CS(=O)(=O)N1CCCCC1C(=O)Nc1nnc(-c2ccco2)o1. The van der Waals surface area contributed by atoms with Gasteiger partial charge in [0.15, 0.2) is 5.76 Å². The minimum Gasteiger partial charge on any atom is -0.459 e.